The number of hydrogen-bond acceptors (Lipinski definition) is 2. The molecule has 0 fully saturated rings. The molecule has 4 heteroatoms. The summed E-state index contributed by atoms with van der Waals surface area (Å²) in [6.07, 6.45) is 0. The van der Waals surface area contributed by atoms with Crippen LogP contribution >= 0.6 is 15.9 Å². The lowest BCUT2D eigenvalue weighted by Crippen LogP contribution is -2.42. The van der Waals surface area contributed by atoms with Gasteiger partial charge in [-0.3, -0.25) is 9.69 Å². The van der Waals surface area contributed by atoms with E-state index in [0.717, 1.165) is 17.4 Å². The van der Waals surface area contributed by atoms with Gasteiger partial charge in [0, 0.05) is 36.1 Å². The van der Waals surface area contributed by atoms with E-state index in [1.54, 1.807) is 0 Å². The molecule has 1 amide bonds. The summed E-state index contributed by atoms with van der Waals surface area (Å²) in [5, 5.41) is 3.80. The maximum atomic E-state index is 12.0. The molecule has 1 aromatic rings. The van der Waals surface area contributed by atoms with Crippen molar-refractivity contribution in [3.8, 4) is 0 Å². The lowest BCUT2D eigenvalue weighted by Gasteiger charge is -2.30. The fourth-order valence-electron chi connectivity index (χ4n) is 2.26. The smallest absolute Gasteiger partial charge is 0.251 e. The van der Waals surface area contributed by atoms with Crippen molar-refractivity contribution in [1.82, 2.24) is 10.2 Å². The number of halogens is 1. The fraction of sp³-hybridized carbons (Fsp3) is 0.562. The van der Waals surface area contributed by atoms with Crippen molar-refractivity contribution in [2.45, 2.75) is 45.1 Å². The number of nitrogens with one attached hydrogen (secondary N) is 1. The molecule has 0 heterocycles. The van der Waals surface area contributed by atoms with E-state index in [4.69, 9.17) is 0 Å². The first-order valence-corrected chi connectivity index (χ1v) is 8.26. The molecule has 1 N–H and O–H groups in total. The zero-order valence-corrected chi connectivity index (χ0v) is 14.4. The Kier molecular flexibility index (Phi) is 7.24. The van der Waals surface area contributed by atoms with Gasteiger partial charge in [-0.05, 0) is 45.4 Å². The highest BCUT2D eigenvalue weighted by atomic mass is 79.9. The van der Waals surface area contributed by atoms with Gasteiger partial charge in [-0.2, -0.15) is 0 Å². The molecule has 112 valence electrons. The molecule has 0 aromatic heterocycles. The normalized spacial score (nSPS) is 11.4. The van der Waals surface area contributed by atoms with Crippen molar-refractivity contribution in [2.75, 3.05) is 13.1 Å². The summed E-state index contributed by atoms with van der Waals surface area (Å²) in [4.78, 5) is 14.4. The molecule has 0 aliphatic rings. The van der Waals surface area contributed by atoms with Crippen LogP contribution in [0.5, 0.6) is 0 Å². The van der Waals surface area contributed by atoms with E-state index in [9.17, 15) is 4.79 Å². The number of amides is 1. The Hall–Kier alpha value is -0.870. The molecule has 1 aromatic carbocycles. The summed E-state index contributed by atoms with van der Waals surface area (Å²) in [6.45, 7) is 10.3. The van der Waals surface area contributed by atoms with Crippen LogP contribution in [-0.2, 0) is 5.33 Å². The molecule has 0 spiro atoms. The van der Waals surface area contributed by atoms with Gasteiger partial charge in [0.05, 0.1) is 0 Å². The first-order valence-electron chi connectivity index (χ1n) is 7.14. The number of nitrogens with zero attached hydrogens (tertiary/aromatic N) is 1. The van der Waals surface area contributed by atoms with Crippen molar-refractivity contribution in [1.29, 1.82) is 0 Å². The van der Waals surface area contributed by atoms with Crippen LogP contribution < -0.4 is 5.32 Å². The molecular formula is C16H25BrN2O. The zero-order valence-electron chi connectivity index (χ0n) is 12.8. The molecule has 3 nitrogen and oxygen atoms in total. The third-order valence-corrected chi connectivity index (χ3v) is 4.00. The summed E-state index contributed by atoms with van der Waals surface area (Å²) in [6, 6.07) is 8.66. The van der Waals surface area contributed by atoms with Gasteiger partial charge in [-0.25, -0.2) is 0 Å². The highest BCUT2D eigenvalue weighted by Gasteiger charge is 2.13. The van der Waals surface area contributed by atoms with E-state index in [2.05, 4.69) is 53.8 Å². The lowest BCUT2D eigenvalue weighted by molar-refractivity contribution is 0.0939. The Morgan fingerprint density at radius 3 is 2.15 bits per heavy atom. The molecule has 0 saturated heterocycles. The molecule has 0 bridgehead atoms. The van der Waals surface area contributed by atoms with Gasteiger partial charge in [-0.1, -0.05) is 28.1 Å². The van der Waals surface area contributed by atoms with Crippen molar-refractivity contribution in [2.24, 2.45) is 0 Å². The summed E-state index contributed by atoms with van der Waals surface area (Å²) in [5.74, 6) is -0.00131. The molecule has 1 rings (SSSR count). The number of hydrogen-bond donors (Lipinski definition) is 1. The second-order valence-electron chi connectivity index (χ2n) is 5.51. The molecule has 20 heavy (non-hydrogen) atoms. The molecule has 0 radical (unpaired) electrons. The Labute approximate surface area is 130 Å². The van der Waals surface area contributed by atoms with E-state index < -0.39 is 0 Å². The topological polar surface area (TPSA) is 32.3 Å². The quantitative estimate of drug-likeness (QED) is 0.771. The monoisotopic (exact) mass is 340 g/mol. The lowest BCUT2D eigenvalue weighted by atomic mass is 10.1. The zero-order chi connectivity index (χ0) is 15.1. The Balaban J connectivity index is 2.46. The maximum Gasteiger partial charge on any atom is 0.251 e. The van der Waals surface area contributed by atoms with Crippen molar-refractivity contribution >= 4 is 21.8 Å². The van der Waals surface area contributed by atoms with Crippen LogP contribution in [0.3, 0.4) is 0 Å². The minimum atomic E-state index is -0.00131. The fourth-order valence-corrected chi connectivity index (χ4v) is 2.63. The van der Waals surface area contributed by atoms with Gasteiger partial charge in [0.1, 0.15) is 0 Å². The van der Waals surface area contributed by atoms with Gasteiger partial charge in [0.15, 0.2) is 0 Å². The molecule has 0 aliphatic heterocycles. The number of rotatable bonds is 7. The van der Waals surface area contributed by atoms with E-state index in [0.29, 0.717) is 18.6 Å². The number of carbonyl (C=O) groups is 1. The molecule has 0 aliphatic carbocycles. The van der Waals surface area contributed by atoms with E-state index in [-0.39, 0.29) is 5.91 Å². The molecular weight excluding hydrogens is 316 g/mol. The summed E-state index contributed by atoms with van der Waals surface area (Å²) < 4.78 is 0. The number of benzene rings is 1. The summed E-state index contributed by atoms with van der Waals surface area (Å²) >= 11 is 3.40. The van der Waals surface area contributed by atoms with Crippen molar-refractivity contribution in [3.63, 3.8) is 0 Å². The van der Waals surface area contributed by atoms with E-state index in [1.165, 1.54) is 5.56 Å². The second kappa shape index (κ2) is 8.42. The minimum absolute atomic E-state index is 0.00131. The third kappa shape index (κ3) is 5.25. The summed E-state index contributed by atoms with van der Waals surface area (Å²) in [5.41, 5.74) is 1.89. The second-order valence-corrected chi connectivity index (χ2v) is 6.07. The van der Waals surface area contributed by atoms with E-state index in [1.807, 2.05) is 24.3 Å². The SMILES string of the molecule is CC(C)N(CCNC(=O)c1ccc(CBr)cc1)C(C)C. The van der Waals surface area contributed by atoms with Gasteiger partial charge >= 0.3 is 0 Å². The number of carbonyl (C=O) groups excluding carboxylic acids is 1. The third-order valence-electron chi connectivity index (χ3n) is 3.35. The average molecular weight is 341 g/mol. The van der Waals surface area contributed by atoms with Gasteiger partial charge < -0.3 is 5.32 Å². The number of alkyl halides is 1. The average Bonchev–Trinajstić information content (AvgIpc) is 2.42. The summed E-state index contributed by atoms with van der Waals surface area (Å²) in [7, 11) is 0. The predicted octanol–water partition coefficient (Wildman–Crippen LogP) is 3.43. The molecule has 0 saturated carbocycles. The van der Waals surface area contributed by atoms with Gasteiger partial charge in [-0.15, -0.1) is 0 Å². The highest BCUT2D eigenvalue weighted by molar-refractivity contribution is 9.08. The van der Waals surface area contributed by atoms with Gasteiger partial charge in [0.2, 0.25) is 0 Å². The molecule has 0 atom stereocenters. The van der Waals surface area contributed by atoms with Crippen molar-refractivity contribution in [3.05, 3.63) is 35.4 Å². The Morgan fingerprint density at radius 2 is 1.70 bits per heavy atom. The van der Waals surface area contributed by atoms with Crippen LogP contribution in [0.4, 0.5) is 0 Å². The predicted molar refractivity (Wildman–Crippen MR) is 88.4 cm³/mol. The van der Waals surface area contributed by atoms with Crippen LogP contribution in [0.1, 0.15) is 43.6 Å². The van der Waals surface area contributed by atoms with Crippen LogP contribution in [-0.4, -0.2) is 36.0 Å². The van der Waals surface area contributed by atoms with Gasteiger partial charge in [0.25, 0.3) is 5.91 Å². The standard InChI is InChI=1S/C16H25BrN2O/c1-12(2)19(13(3)4)10-9-18-16(20)15-7-5-14(11-17)6-8-15/h5-8,12-13H,9-11H2,1-4H3,(H,18,20). The first kappa shape index (κ1) is 17.2. The van der Waals surface area contributed by atoms with Crippen LogP contribution in [0.15, 0.2) is 24.3 Å². The van der Waals surface area contributed by atoms with Crippen LogP contribution in [0.25, 0.3) is 0 Å². The Morgan fingerprint density at radius 1 is 1.15 bits per heavy atom. The maximum absolute atomic E-state index is 12.0. The van der Waals surface area contributed by atoms with Crippen LogP contribution in [0, 0.1) is 0 Å². The minimum Gasteiger partial charge on any atom is -0.351 e. The first-order chi connectivity index (χ1) is 9.45. The van der Waals surface area contributed by atoms with Crippen LogP contribution in [0.2, 0.25) is 0 Å². The van der Waals surface area contributed by atoms with E-state index >= 15 is 0 Å². The largest absolute Gasteiger partial charge is 0.351 e. The molecule has 0 unspecified atom stereocenters. The highest BCUT2D eigenvalue weighted by Crippen LogP contribution is 2.08. The van der Waals surface area contributed by atoms with Crippen molar-refractivity contribution < 1.29 is 4.79 Å². The Bertz CT molecular complexity index is 407.